The van der Waals surface area contributed by atoms with Crippen molar-refractivity contribution in [3.05, 3.63) is 45.3 Å². The Morgan fingerprint density at radius 2 is 2.06 bits per heavy atom. The molecule has 2 rings (SSSR count). The van der Waals surface area contributed by atoms with Gasteiger partial charge in [-0.1, -0.05) is 28.4 Å². The van der Waals surface area contributed by atoms with Crippen LogP contribution in [0.1, 0.15) is 17.0 Å². The Hall–Kier alpha value is -1.19. The topological polar surface area (TPSA) is 35.3 Å². The van der Waals surface area contributed by atoms with Crippen LogP contribution in [-0.2, 0) is 6.61 Å². The fourth-order valence-corrected chi connectivity index (χ4v) is 1.91. The Morgan fingerprint density at radius 3 is 2.65 bits per heavy atom. The summed E-state index contributed by atoms with van der Waals surface area (Å²) in [5.74, 6) is 1.35. The van der Waals surface area contributed by atoms with Crippen LogP contribution >= 0.6 is 23.2 Å². The predicted octanol–water partition coefficient (Wildman–Crippen LogP) is 4.18. The Balaban J connectivity index is 2.13. The van der Waals surface area contributed by atoms with E-state index in [1.54, 1.807) is 18.2 Å². The van der Waals surface area contributed by atoms with Crippen LogP contribution in [-0.4, -0.2) is 5.16 Å². The first-order chi connectivity index (χ1) is 8.08. The first-order valence-electron chi connectivity index (χ1n) is 5.07. The van der Waals surface area contributed by atoms with Crippen molar-refractivity contribution >= 4 is 23.2 Å². The quantitative estimate of drug-likeness (QED) is 0.840. The van der Waals surface area contributed by atoms with Crippen LogP contribution in [0.3, 0.4) is 0 Å². The first-order valence-corrected chi connectivity index (χ1v) is 5.83. The van der Waals surface area contributed by atoms with E-state index in [9.17, 15) is 0 Å². The highest BCUT2D eigenvalue weighted by Crippen LogP contribution is 2.28. The van der Waals surface area contributed by atoms with Gasteiger partial charge in [-0.2, -0.15) is 0 Å². The van der Waals surface area contributed by atoms with E-state index in [1.165, 1.54) is 0 Å². The number of aryl methyl sites for hydroxylation is 2. The van der Waals surface area contributed by atoms with Crippen molar-refractivity contribution in [1.29, 1.82) is 0 Å². The first kappa shape index (κ1) is 12.3. The van der Waals surface area contributed by atoms with Gasteiger partial charge in [0.2, 0.25) is 0 Å². The number of benzene rings is 1. The summed E-state index contributed by atoms with van der Waals surface area (Å²) in [6.45, 7) is 4.10. The van der Waals surface area contributed by atoms with E-state index in [2.05, 4.69) is 5.16 Å². The lowest BCUT2D eigenvalue weighted by Crippen LogP contribution is -1.98. The van der Waals surface area contributed by atoms with Gasteiger partial charge in [0.15, 0.2) is 0 Å². The zero-order valence-corrected chi connectivity index (χ0v) is 11.0. The minimum absolute atomic E-state index is 0.377. The highest BCUT2D eigenvalue weighted by molar-refractivity contribution is 6.35. The van der Waals surface area contributed by atoms with E-state index >= 15 is 0 Å². The third kappa shape index (κ3) is 2.73. The second kappa shape index (κ2) is 4.98. The van der Waals surface area contributed by atoms with Gasteiger partial charge >= 0.3 is 0 Å². The molecule has 1 aromatic carbocycles. The lowest BCUT2D eigenvalue weighted by molar-refractivity contribution is 0.302. The third-order valence-corrected chi connectivity index (χ3v) is 2.98. The zero-order chi connectivity index (χ0) is 12.4. The van der Waals surface area contributed by atoms with Crippen LogP contribution in [0.2, 0.25) is 10.0 Å². The van der Waals surface area contributed by atoms with Crippen LogP contribution in [0.5, 0.6) is 5.75 Å². The molecule has 1 aromatic heterocycles. The van der Waals surface area contributed by atoms with Crippen LogP contribution in [0.25, 0.3) is 0 Å². The molecular weight excluding hydrogens is 261 g/mol. The fraction of sp³-hybridized carbons (Fsp3) is 0.250. The minimum Gasteiger partial charge on any atom is -0.487 e. The second-order valence-corrected chi connectivity index (χ2v) is 4.51. The average molecular weight is 272 g/mol. The van der Waals surface area contributed by atoms with Crippen molar-refractivity contribution in [1.82, 2.24) is 5.16 Å². The lowest BCUT2D eigenvalue weighted by Gasteiger charge is -2.07. The molecular formula is C12H11Cl2NO2. The Labute approximate surface area is 109 Å². The van der Waals surface area contributed by atoms with E-state index in [4.69, 9.17) is 32.5 Å². The maximum Gasteiger partial charge on any atom is 0.140 e. The fourth-order valence-electron chi connectivity index (χ4n) is 1.45. The molecule has 1 heterocycles. The summed E-state index contributed by atoms with van der Waals surface area (Å²) < 4.78 is 10.7. The van der Waals surface area contributed by atoms with Crippen molar-refractivity contribution in [2.45, 2.75) is 20.5 Å². The number of hydrogen-bond donors (Lipinski definition) is 0. The molecule has 0 aliphatic heterocycles. The van der Waals surface area contributed by atoms with E-state index in [1.807, 2.05) is 13.8 Å². The van der Waals surface area contributed by atoms with E-state index < -0.39 is 0 Å². The molecule has 0 N–H and O–H groups in total. The second-order valence-electron chi connectivity index (χ2n) is 3.67. The number of ether oxygens (including phenoxy) is 1. The van der Waals surface area contributed by atoms with Crippen molar-refractivity contribution in [3.63, 3.8) is 0 Å². The van der Waals surface area contributed by atoms with E-state index in [-0.39, 0.29) is 0 Å². The molecule has 0 saturated heterocycles. The summed E-state index contributed by atoms with van der Waals surface area (Å²) in [5, 5.41) is 4.93. The monoisotopic (exact) mass is 271 g/mol. The van der Waals surface area contributed by atoms with Crippen molar-refractivity contribution in [2.24, 2.45) is 0 Å². The number of halogens is 2. The molecule has 2 aromatic rings. The molecule has 90 valence electrons. The smallest absolute Gasteiger partial charge is 0.140 e. The van der Waals surface area contributed by atoms with Gasteiger partial charge in [0.05, 0.1) is 16.3 Å². The lowest BCUT2D eigenvalue weighted by atomic mass is 10.2. The van der Waals surface area contributed by atoms with Crippen molar-refractivity contribution < 1.29 is 9.26 Å². The summed E-state index contributed by atoms with van der Waals surface area (Å²) >= 11 is 11.8. The van der Waals surface area contributed by atoms with Gasteiger partial charge in [-0.15, -0.1) is 0 Å². The van der Waals surface area contributed by atoms with Gasteiger partial charge in [-0.25, -0.2) is 0 Å². The molecule has 0 amide bonds. The van der Waals surface area contributed by atoms with Crippen LogP contribution in [0, 0.1) is 13.8 Å². The molecule has 0 aliphatic rings. The molecule has 0 fully saturated rings. The van der Waals surface area contributed by atoms with Crippen molar-refractivity contribution in [2.75, 3.05) is 0 Å². The molecule has 0 saturated carbocycles. The number of hydrogen-bond acceptors (Lipinski definition) is 3. The standard InChI is InChI=1S/C12H11Cl2NO2/c1-7-10(8(2)17-15-7)6-16-12-4-3-9(13)5-11(12)14/h3-5H,6H2,1-2H3. The predicted molar refractivity (Wildman–Crippen MR) is 66.8 cm³/mol. The molecule has 17 heavy (non-hydrogen) atoms. The average Bonchev–Trinajstić information content (AvgIpc) is 2.58. The normalized spacial score (nSPS) is 10.6. The molecule has 0 radical (unpaired) electrons. The summed E-state index contributed by atoms with van der Waals surface area (Å²) in [6.07, 6.45) is 0. The molecule has 5 heteroatoms. The summed E-state index contributed by atoms with van der Waals surface area (Å²) in [7, 11) is 0. The van der Waals surface area contributed by atoms with Gasteiger partial charge in [0.25, 0.3) is 0 Å². The minimum atomic E-state index is 0.377. The van der Waals surface area contributed by atoms with Gasteiger partial charge in [0.1, 0.15) is 18.1 Å². The summed E-state index contributed by atoms with van der Waals surface area (Å²) in [6, 6.07) is 5.12. The molecule has 0 unspecified atom stereocenters. The molecule has 0 bridgehead atoms. The molecule has 0 atom stereocenters. The third-order valence-electron chi connectivity index (χ3n) is 2.45. The Morgan fingerprint density at radius 1 is 1.29 bits per heavy atom. The number of rotatable bonds is 3. The summed E-state index contributed by atoms with van der Waals surface area (Å²) in [5.41, 5.74) is 1.77. The van der Waals surface area contributed by atoms with Crippen LogP contribution < -0.4 is 4.74 Å². The maximum absolute atomic E-state index is 6.00. The van der Waals surface area contributed by atoms with Gasteiger partial charge in [-0.3, -0.25) is 0 Å². The van der Waals surface area contributed by atoms with Gasteiger partial charge in [0, 0.05) is 5.02 Å². The van der Waals surface area contributed by atoms with Crippen LogP contribution in [0.15, 0.2) is 22.7 Å². The van der Waals surface area contributed by atoms with Gasteiger partial charge < -0.3 is 9.26 Å². The zero-order valence-electron chi connectivity index (χ0n) is 9.46. The van der Waals surface area contributed by atoms with Gasteiger partial charge in [-0.05, 0) is 32.0 Å². The maximum atomic E-state index is 6.00. The summed E-state index contributed by atoms with van der Waals surface area (Å²) in [4.78, 5) is 0. The van der Waals surface area contributed by atoms with E-state index in [0.717, 1.165) is 17.0 Å². The molecule has 0 aliphatic carbocycles. The van der Waals surface area contributed by atoms with Crippen molar-refractivity contribution in [3.8, 4) is 5.75 Å². The number of nitrogens with zero attached hydrogens (tertiary/aromatic N) is 1. The largest absolute Gasteiger partial charge is 0.487 e. The SMILES string of the molecule is Cc1noc(C)c1COc1ccc(Cl)cc1Cl. The number of aromatic nitrogens is 1. The Kier molecular flexibility index (Phi) is 3.60. The van der Waals surface area contributed by atoms with E-state index in [0.29, 0.717) is 22.4 Å². The highest BCUT2D eigenvalue weighted by atomic mass is 35.5. The Bertz CT molecular complexity index is 518. The molecule has 0 spiro atoms. The molecule has 3 nitrogen and oxygen atoms in total. The highest BCUT2D eigenvalue weighted by Gasteiger charge is 2.10. The van der Waals surface area contributed by atoms with Crippen LogP contribution in [0.4, 0.5) is 0 Å².